The number of benzene rings is 2. The number of carbonyl (C=O) groups is 2. The number of amides is 3. The van der Waals surface area contributed by atoms with E-state index in [1.54, 1.807) is 37.3 Å². The first kappa shape index (κ1) is 21.8. The first-order valence-corrected chi connectivity index (χ1v) is 9.96. The van der Waals surface area contributed by atoms with Gasteiger partial charge in [0.25, 0.3) is 11.6 Å². The summed E-state index contributed by atoms with van der Waals surface area (Å²) in [6, 6.07) is 11.8. The lowest BCUT2D eigenvalue weighted by atomic mass is 9.94. The van der Waals surface area contributed by atoms with Crippen molar-refractivity contribution in [3.05, 3.63) is 75.5 Å². The van der Waals surface area contributed by atoms with E-state index in [1.807, 2.05) is 0 Å². The topological polar surface area (TPSA) is 123 Å². The Morgan fingerprint density at radius 2 is 1.97 bits per heavy atom. The average molecular weight is 424 g/mol. The Morgan fingerprint density at radius 3 is 2.65 bits per heavy atom. The maximum Gasteiger partial charge on any atom is 0.319 e. The molecule has 1 aliphatic rings. The molecule has 2 aromatic rings. The number of nitro groups is 1. The second-order valence-corrected chi connectivity index (χ2v) is 7.10. The summed E-state index contributed by atoms with van der Waals surface area (Å²) in [4.78, 5) is 35.6. The van der Waals surface area contributed by atoms with Crippen LogP contribution in [0.25, 0.3) is 0 Å². The highest BCUT2D eigenvalue weighted by molar-refractivity contribution is 6.06. The zero-order valence-corrected chi connectivity index (χ0v) is 17.3. The minimum Gasteiger partial charge on any atom is -0.494 e. The van der Waals surface area contributed by atoms with E-state index in [2.05, 4.69) is 22.9 Å². The fourth-order valence-corrected chi connectivity index (χ4v) is 3.23. The van der Waals surface area contributed by atoms with Crippen molar-refractivity contribution in [1.29, 1.82) is 0 Å². The molecule has 1 aliphatic heterocycles. The van der Waals surface area contributed by atoms with E-state index in [9.17, 15) is 19.7 Å². The highest BCUT2D eigenvalue weighted by atomic mass is 16.6. The molecule has 31 heavy (non-hydrogen) atoms. The van der Waals surface area contributed by atoms with Crippen LogP contribution in [-0.2, 0) is 4.79 Å². The van der Waals surface area contributed by atoms with Gasteiger partial charge in [-0.1, -0.05) is 31.5 Å². The van der Waals surface area contributed by atoms with E-state index >= 15 is 0 Å². The summed E-state index contributed by atoms with van der Waals surface area (Å²) < 4.78 is 5.67. The van der Waals surface area contributed by atoms with Crippen LogP contribution in [0.4, 0.5) is 16.2 Å². The van der Waals surface area contributed by atoms with E-state index in [4.69, 9.17) is 4.74 Å². The fraction of sp³-hybridized carbons (Fsp3) is 0.273. The van der Waals surface area contributed by atoms with Gasteiger partial charge in [-0.25, -0.2) is 4.79 Å². The standard InChI is InChI=1S/C22H24N4O5/c1-3-4-12-31-18-10-8-15(9-11-18)20-19(14(2)23-22(28)25-20)21(27)24-16-6-5-7-17(13-16)26(29)30/h5-11,13,20H,3-4,12H2,1-2H3,(H,24,27)(H2,23,25,28). The summed E-state index contributed by atoms with van der Waals surface area (Å²) in [5.41, 5.74) is 1.58. The monoisotopic (exact) mass is 424 g/mol. The molecule has 3 N–H and O–H groups in total. The summed E-state index contributed by atoms with van der Waals surface area (Å²) >= 11 is 0. The van der Waals surface area contributed by atoms with E-state index in [-0.39, 0.29) is 11.4 Å². The molecule has 162 valence electrons. The van der Waals surface area contributed by atoms with E-state index < -0.39 is 22.9 Å². The van der Waals surface area contributed by atoms with E-state index in [0.29, 0.717) is 29.2 Å². The van der Waals surface area contributed by atoms with Crippen LogP contribution in [0, 0.1) is 10.1 Å². The summed E-state index contributed by atoms with van der Waals surface area (Å²) in [6.07, 6.45) is 1.99. The Labute approximate surface area is 179 Å². The quantitative estimate of drug-likeness (QED) is 0.335. The molecule has 1 heterocycles. The molecular weight excluding hydrogens is 400 g/mol. The van der Waals surface area contributed by atoms with Gasteiger partial charge in [-0.2, -0.15) is 0 Å². The maximum absolute atomic E-state index is 13.0. The molecular formula is C22H24N4O5. The lowest BCUT2D eigenvalue weighted by Crippen LogP contribution is -2.45. The van der Waals surface area contributed by atoms with Crippen LogP contribution in [0.15, 0.2) is 59.8 Å². The van der Waals surface area contributed by atoms with Crippen molar-refractivity contribution < 1.29 is 19.2 Å². The Balaban J connectivity index is 1.83. The van der Waals surface area contributed by atoms with Crippen molar-refractivity contribution >= 4 is 23.3 Å². The number of nitrogens with zero attached hydrogens (tertiary/aromatic N) is 1. The minimum absolute atomic E-state index is 0.131. The third-order valence-corrected chi connectivity index (χ3v) is 4.81. The zero-order chi connectivity index (χ0) is 22.4. The van der Waals surface area contributed by atoms with Crippen LogP contribution < -0.4 is 20.7 Å². The molecule has 0 aromatic heterocycles. The molecule has 3 amide bonds. The maximum atomic E-state index is 13.0. The molecule has 0 aliphatic carbocycles. The molecule has 1 atom stereocenters. The molecule has 2 aromatic carbocycles. The predicted octanol–water partition coefficient (Wildman–Crippen LogP) is 4.04. The van der Waals surface area contributed by atoms with Crippen molar-refractivity contribution in [2.24, 2.45) is 0 Å². The van der Waals surface area contributed by atoms with Crippen LogP contribution in [0.1, 0.15) is 38.3 Å². The van der Waals surface area contributed by atoms with Crippen LogP contribution in [0.5, 0.6) is 5.75 Å². The van der Waals surface area contributed by atoms with Gasteiger partial charge in [-0.05, 0) is 37.1 Å². The first-order chi connectivity index (χ1) is 14.9. The number of hydrogen-bond acceptors (Lipinski definition) is 5. The molecule has 0 bridgehead atoms. The third-order valence-electron chi connectivity index (χ3n) is 4.81. The van der Waals surface area contributed by atoms with Crippen molar-refractivity contribution in [2.45, 2.75) is 32.7 Å². The van der Waals surface area contributed by atoms with Gasteiger partial charge in [0, 0.05) is 23.5 Å². The highest BCUT2D eigenvalue weighted by Gasteiger charge is 2.31. The Morgan fingerprint density at radius 1 is 1.23 bits per heavy atom. The number of carbonyl (C=O) groups excluding carboxylic acids is 2. The number of allylic oxidation sites excluding steroid dienone is 1. The summed E-state index contributed by atoms with van der Waals surface area (Å²) in [5.74, 6) is 0.236. The summed E-state index contributed by atoms with van der Waals surface area (Å²) in [6.45, 7) is 4.34. The number of nitro benzene ring substituents is 1. The normalized spacial score (nSPS) is 15.7. The number of anilines is 1. The van der Waals surface area contributed by atoms with E-state index in [1.165, 1.54) is 18.2 Å². The van der Waals surface area contributed by atoms with E-state index in [0.717, 1.165) is 12.8 Å². The molecule has 1 unspecified atom stereocenters. The van der Waals surface area contributed by atoms with Gasteiger partial charge in [0.15, 0.2) is 0 Å². The van der Waals surface area contributed by atoms with Crippen LogP contribution in [-0.4, -0.2) is 23.5 Å². The summed E-state index contributed by atoms with van der Waals surface area (Å²) in [7, 11) is 0. The second kappa shape index (κ2) is 9.75. The molecule has 9 nitrogen and oxygen atoms in total. The molecule has 9 heteroatoms. The van der Waals surface area contributed by atoms with Gasteiger partial charge in [-0.15, -0.1) is 0 Å². The molecule has 0 saturated heterocycles. The van der Waals surface area contributed by atoms with Gasteiger partial charge < -0.3 is 20.7 Å². The highest BCUT2D eigenvalue weighted by Crippen LogP contribution is 2.29. The molecule has 0 saturated carbocycles. The SMILES string of the molecule is CCCCOc1ccc(C2NC(=O)NC(C)=C2C(=O)Nc2cccc([N+](=O)[O-])c2)cc1. The van der Waals surface area contributed by atoms with Crippen LogP contribution in [0.3, 0.4) is 0 Å². The Bertz CT molecular complexity index is 1020. The summed E-state index contributed by atoms with van der Waals surface area (Å²) in [5, 5.41) is 19.0. The van der Waals surface area contributed by atoms with Gasteiger partial charge in [0.2, 0.25) is 0 Å². The van der Waals surface area contributed by atoms with Crippen LogP contribution in [0.2, 0.25) is 0 Å². The van der Waals surface area contributed by atoms with Gasteiger partial charge in [0.05, 0.1) is 23.1 Å². The number of ether oxygens (including phenoxy) is 1. The minimum atomic E-state index is -0.683. The van der Waals surface area contributed by atoms with Gasteiger partial charge >= 0.3 is 6.03 Å². The van der Waals surface area contributed by atoms with Crippen molar-refractivity contribution in [2.75, 3.05) is 11.9 Å². The second-order valence-electron chi connectivity index (χ2n) is 7.10. The Kier molecular flexibility index (Phi) is 6.86. The molecule has 0 radical (unpaired) electrons. The van der Waals surface area contributed by atoms with Crippen molar-refractivity contribution in [3.63, 3.8) is 0 Å². The number of hydrogen-bond donors (Lipinski definition) is 3. The smallest absolute Gasteiger partial charge is 0.319 e. The third kappa shape index (κ3) is 5.39. The van der Waals surface area contributed by atoms with Gasteiger partial charge in [0.1, 0.15) is 5.75 Å². The largest absolute Gasteiger partial charge is 0.494 e. The number of urea groups is 1. The van der Waals surface area contributed by atoms with Crippen LogP contribution >= 0.6 is 0 Å². The zero-order valence-electron chi connectivity index (χ0n) is 17.3. The molecule has 3 rings (SSSR count). The fourth-order valence-electron chi connectivity index (χ4n) is 3.23. The lowest BCUT2D eigenvalue weighted by Gasteiger charge is -2.28. The number of nitrogens with one attached hydrogen (secondary N) is 3. The van der Waals surface area contributed by atoms with Crippen molar-refractivity contribution in [3.8, 4) is 5.75 Å². The molecule has 0 spiro atoms. The number of rotatable bonds is 8. The molecule has 0 fully saturated rings. The van der Waals surface area contributed by atoms with Gasteiger partial charge in [-0.3, -0.25) is 14.9 Å². The van der Waals surface area contributed by atoms with Crippen molar-refractivity contribution in [1.82, 2.24) is 10.6 Å². The number of unbranched alkanes of at least 4 members (excludes halogenated alkanes) is 1. The Hall–Kier alpha value is -3.88. The average Bonchev–Trinajstić information content (AvgIpc) is 2.74. The first-order valence-electron chi connectivity index (χ1n) is 9.96. The number of non-ortho nitro benzene ring substituents is 1. The predicted molar refractivity (Wildman–Crippen MR) is 116 cm³/mol. The lowest BCUT2D eigenvalue weighted by molar-refractivity contribution is -0.384.